The molecule has 1 aliphatic heterocycles. The van der Waals surface area contributed by atoms with Crippen LogP contribution in [0.2, 0.25) is 0 Å². The van der Waals surface area contributed by atoms with Crippen LogP contribution in [0.4, 0.5) is 5.69 Å². The Bertz CT molecular complexity index is 1210. The molecule has 1 aliphatic carbocycles. The molecule has 0 bridgehead atoms. The second-order valence-electron chi connectivity index (χ2n) is 10.0. The van der Waals surface area contributed by atoms with Gasteiger partial charge in [0.1, 0.15) is 6.04 Å². The van der Waals surface area contributed by atoms with Gasteiger partial charge in [0.15, 0.2) is 11.5 Å². The topological polar surface area (TPSA) is 105 Å². The maximum absolute atomic E-state index is 13.4. The summed E-state index contributed by atoms with van der Waals surface area (Å²) < 4.78 is 37.1. The Labute approximate surface area is 225 Å². The smallest absolute Gasteiger partial charge is 0.242 e. The molecular weight excluding hydrogens is 506 g/mol. The molecule has 38 heavy (non-hydrogen) atoms. The minimum absolute atomic E-state index is 0.0932. The summed E-state index contributed by atoms with van der Waals surface area (Å²) in [5.74, 6) is 0.701. The average molecular weight is 544 g/mol. The number of benzene rings is 2. The SMILES string of the molecule is C[C@@H](C(=O)NC1CCCCC1)N(Cc1ccccc1)C(=O)CCCN(c1ccc2c(c1)OCO2)S(C)(=O)=O. The van der Waals surface area contributed by atoms with Crippen molar-refractivity contribution in [1.29, 1.82) is 0 Å². The molecule has 2 amide bonds. The zero-order valence-corrected chi connectivity index (χ0v) is 22.9. The number of carbonyl (C=O) groups excluding carboxylic acids is 2. The number of carbonyl (C=O) groups is 2. The summed E-state index contributed by atoms with van der Waals surface area (Å²) in [6.45, 7) is 2.27. The summed E-state index contributed by atoms with van der Waals surface area (Å²) in [7, 11) is -3.60. The summed E-state index contributed by atoms with van der Waals surface area (Å²) in [5.41, 5.74) is 1.38. The summed E-state index contributed by atoms with van der Waals surface area (Å²) in [6, 6.07) is 14.0. The second-order valence-corrected chi connectivity index (χ2v) is 11.9. The van der Waals surface area contributed by atoms with Crippen LogP contribution >= 0.6 is 0 Å². The van der Waals surface area contributed by atoms with Gasteiger partial charge in [-0.25, -0.2) is 8.42 Å². The van der Waals surface area contributed by atoms with E-state index in [1.165, 1.54) is 10.7 Å². The van der Waals surface area contributed by atoms with Gasteiger partial charge in [-0.05, 0) is 43.9 Å². The van der Waals surface area contributed by atoms with E-state index in [1.807, 2.05) is 30.3 Å². The van der Waals surface area contributed by atoms with Gasteiger partial charge in [-0.15, -0.1) is 0 Å². The monoisotopic (exact) mass is 543 g/mol. The van der Waals surface area contributed by atoms with Crippen LogP contribution in [0.5, 0.6) is 11.5 Å². The number of sulfonamides is 1. The van der Waals surface area contributed by atoms with Gasteiger partial charge in [-0.2, -0.15) is 0 Å². The Hall–Kier alpha value is -3.27. The van der Waals surface area contributed by atoms with E-state index in [9.17, 15) is 18.0 Å². The fourth-order valence-electron chi connectivity index (χ4n) is 4.98. The Morgan fingerprint density at radius 3 is 2.45 bits per heavy atom. The van der Waals surface area contributed by atoms with Crippen LogP contribution in [-0.4, -0.2) is 56.8 Å². The minimum atomic E-state index is -3.60. The summed E-state index contributed by atoms with van der Waals surface area (Å²) in [6.07, 6.45) is 6.86. The first-order chi connectivity index (χ1) is 18.2. The minimum Gasteiger partial charge on any atom is -0.454 e. The molecule has 9 nitrogen and oxygen atoms in total. The summed E-state index contributed by atoms with van der Waals surface area (Å²) in [4.78, 5) is 28.2. The number of hydrogen-bond acceptors (Lipinski definition) is 6. The molecule has 1 fully saturated rings. The van der Waals surface area contributed by atoms with Gasteiger partial charge in [0.25, 0.3) is 0 Å². The van der Waals surface area contributed by atoms with Crippen molar-refractivity contribution in [2.45, 2.75) is 70.5 Å². The zero-order chi connectivity index (χ0) is 27.1. The van der Waals surface area contributed by atoms with E-state index >= 15 is 0 Å². The molecule has 206 valence electrons. The van der Waals surface area contributed by atoms with Crippen molar-refractivity contribution in [2.24, 2.45) is 0 Å². The molecular formula is C28H37N3O6S. The first-order valence-electron chi connectivity index (χ1n) is 13.2. The molecule has 2 aliphatic rings. The molecule has 2 aromatic rings. The molecule has 1 atom stereocenters. The van der Waals surface area contributed by atoms with Gasteiger partial charge in [0, 0.05) is 31.6 Å². The highest BCUT2D eigenvalue weighted by atomic mass is 32.2. The van der Waals surface area contributed by atoms with Gasteiger partial charge >= 0.3 is 0 Å². The Kier molecular flexibility index (Phi) is 9.14. The first kappa shape index (κ1) is 27.8. The van der Waals surface area contributed by atoms with Gasteiger partial charge in [0.2, 0.25) is 28.6 Å². The van der Waals surface area contributed by atoms with E-state index in [0.29, 0.717) is 30.2 Å². The Balaban J connectivity index is 1.43. The van der Waals surface area contributed by atoms with Crippen molar-refractivity contribution in [1.82, 2.24) is 10.2 Å². The molecule has 0 unspecified atom stereocenters. The summed E-state index contributed by atoms with van der Waals surface area (Å²) >= 11 is 0. The van der Waals surface area contributed by atoms with Crippen LogP contribution < -0.4 is 19.1 Å². The molecule has 1 N–H and O–H groups in total. The van der Waals surface area contributed by atoms with E-state index in [2.05, 4.69) is 5.32 Å². The van der Waals surface area contributed by atoms with Crippen molar-refractivity contribution in [3.05, 3.63) is 54.1 Å². The molecule has 0 aromatic heterocycles. The number of fused-ring (bicyclic) bond motifs is 1. The number of ether oxygens (including phenoxy) is 2. The number of nitrogens with zero attached hydrogens (tertiary/aromatic N) is 2. The number of rotatable bonds is 11. The predicted molar refractivity (Wildman–Crippen MR) is 145 cm³/mol. The van der Waals surface area contributed by atoms with Crippen LogP contribution in [0.25, 0.3) is 0 Å². The maximum Gasteiger partial charge on any atom is 0.242 e. The van der Waals surface area contributed by atoms with E-state index in [1.54, 1.807) is 30.0 Å². The highest BCUT2D eigenvalue weighted by Crippen LogP contribution is 2.36. The fourth-order valence-corrected chi connectivity index (χ4v) is 5.93. The largest absolute Gasteiger partial charge is 0.454 e. The normalized spacial score (nSPS) is 16.1. The lowest BCUT2D eigenvalue weighted by Crippen LogP contribution is -2.50. The number of anilines is 1. The molecule has 1 heterocycles. The number of hydrogen-bond donors (Lipinski definition) is 1. The number of nitrogens with one attached hydrogen (secondary N) is 1. The van der Waals surface area contributed by atoms with Crippen LogP contribution in [0, 0.1) is 0 Å². The molecule has 2 aromatic carbocycles. The third-order valence-corrected chi connectivity index (χ3v) is 8.30. The van der Waals surface area contributed by atoms with E-state index < -0.39 is 16.1 Å². The molecule has 10 heteroatoms. The van der Waals surface area contributed by atoms with Crippen molar-refractivity contribution in [3.8, 4) is 11.5 Å². The van der Waals surface area contributed by atoms with Crippen LogP contribution in [0.1, 0.15) is 57.4 Å². The van der Waals surface area contributed by atoms with Gasteiger partial charge in [0.05, 0.1) is 11.9 Å². The fraction of sp³-hybridized carbons (Fsp3) is 0.500. The van der Waals surface area contributed by atoms with Crippen molar-refractivity contribution in [2.75, 3.05) is 23.9 Å². The van der Waals surface area contributed by atoms with Crippen molar-refractivity contribution >= 4 is 27.5 Å². The number of amides is 2. The quantitative estimate of drug-likeness (QED) is 0.462. The average Bonchev–Trinajstić information content (AvgIpc) is 3.37. The zero-order valence-electron chi connectivity index (χ0n) is 22.1. The standard InChI is InChI=1S/C28H37N3O6S/c1-21(28(33)29-23-12-7-4-8-13-23)30(19-22-10-5-3-6-11-22)27(32)14-9-17-31(38(2,34)35)24-15-16-25-26(18-24)37-20-36-25/h3,5-6,10-11,15-16,18,21,23H,4,7-9,12-14,17,19-20H2,1-2H3,(H,29,33)/t21-/m0/s1. The highest BCUT2D eigenvalue weighted by molar-refractivity contribution is 7.92. The molecule has 4 rings (SSSR count). The maximum atomic E-state index is 13.4. The lowest BCUT2D eigenvalue weighted by Gasteiger charge is -2.31. The second kappa shape index (κ2) is 12.5. The third-order valence-electron chi connectivity index (χ3n) is 7.11. The molecule has 0 spiro atoms. The molecule has 1 saturated carbocycles. The van der Waals surface area contributed by atoms with Gasteiger partial charge in [-0.3, -0.25) is 13.9 Å². The lowest BCUT2D eigenvalue weighted by atomic mass is 9.95. The molecule has 0 radical (unpaired) electrons. The Morgan fingerprint density at radius 1 is 1.03 bits per heavy atom. The van der Waals surface area contributed by atoms with E-state index in [0.717, 1.165) is 37.5 Å². The Morgan fingerprint density at radius 2 is 1.74 bits per heavy atom. The lowest BCUT2D eigenvalue weighted by molar-refractivity contribution is -0.141. The highest BCUT2D eigenvalue weighted by Gasteiger charge is 2.28. The van der Waals surface area contributed by atoms with Crippen molar-refractivity contribution < 1.29 is 27.5 Å². The predicted octanol–water partition coefficient (Wildman–Crippen LogP) is 3.83. The van der Waals surface area contributed by atoms with Gasteiger partial charge in [-0.1, -0.05) is 49.6 Å². The third kappa shape index (κ3) is 7.18. The van der Waals surface area contributed by atoms with Gasteiger partial charge < -0.3 is 19.7 Å². The van der Waals surface area contributed by atoms with Crippen LogP contribution in [0.3, 0.4) is 0 Å². The van der Waals surface area contributed by atoms with E-state index in [-0.39, 0.29) is 37.6 Å². The van der Waals surface area contributed by atoms with Crippen molar-refractivity contribution in [3.63, 3.8) is 0 Å². The first-order valence-corrected chi connectivity index (χ1v) is 15.1. The molecule has 0 saturated heterocycles. The van der Waals surface area contributed by atoms with Crippen LogP contribution in [0.15, 0.2) is 48.5 Å². The van der Waals surface area contributed by atoms with E-state index in [4.69, 9.17) is 9.47 Å². The van der Waals surface area contributed by atoms with Crippen LogP contribution in [-0.2, 0) is 26.2 Å². The summed E-state index contributed by atoms with van der Waals surface area (Å²) in [5, 5.41) is 3.13.